The Morgan fingerprint density at radius 1 is 1.21 bits per heavy atom. The number of nitrogens with one attached hydrogen (secondary N) is 2. The lowest BCUT2D eigenvalue weighted by atomic mass is 10.1. The largest absolute Gasteiger partial charge is 0.383 e. The van der Waals surface area contributed by atoms with Gasteiger partial charge in [0, 0.05) is 39.9 Å². The summed E-state index contributed by atoms with van der Waals surface area (Å²) in [4.78, 5) is 18.5. The summed E-state index contributed by atoms with van der Waals surface area (Å²) in [6, 6.07) is 0. The van der Waals surface area contributed by atoms with E-state index in [1.165, 1.54) is 12.8 Å². The second kappa shape index (κ2) is 15.2. The number of likely N-dealkylation sites (tertiary alicyclic amines) is 1. The van der Waals surface area contributed by atoms with Crippen molar-refractivity contribution in [3.05, 3.63) is 0 Å². The van der Waals surface area contributed by atoms with Gasteiger partial charge in [0.2, 0.25) is 5.91 Å². The average Bonchev–Trinajstić information content (AvgIpc) is 2.71. The SMILES string of the molecule is CCNC(=NCC(=O)NCCOC)N1CCC(OCC2CCCCO2)CC1.I. The van der Waals surface area contributed by atoms with Gasteiger partial charge in [0.1, 0.15) is 6.54 Å². The summed E-state index contributed by atoms with van der Waals surface area (Å²) in [7, 11) is 1.61. The fourth-order valence-electron chi connectivity index (χ4n) is 3.34. The highest BCUT2D eigenvalue weighted by molar-refractivity contribution is 14.0. The van der Waals surface area contributed by atoms with Crippen LogP contribution in [0.25, 0.3) is 0 Å². The maximum absolute atomic E-state index is 11.8. The molecule has 0 bridgehead atoms. The molecule has 0 saturated carbocycles. The highest BCUT2D eigenvalue weighted by Crippen LogP contribution is 2.17. The number of hydrogen-bond donors (Lipinski definition) is 2. The zero-order valence-corrected chi connectivity index (χ0v) is 19.6. The molecule has 0 aliphatic carbocycles. The molecule has 2 aliphatic rings. The fourth-order valence-corrected chi connectivity index (χ4v) is 3.34. The Hall–Kier alpha value is -0.650. The second-order valence-electron chi connectivity index (χ2n) is 7.02. The number of hydrogen-bond acceptors (Lipinski definition) is 5. The Bertz CT molecular complexity index is 453. The number of methoxy groups -OCH3 is 1. The van der Waals surface area contributed by atoms with E-state index < -0.39 is 0 Å². The van der Waals surface area contributed by atoms with Crippen LogP contribution in [0.5, 0.6) is 0 Å². The minimum absolute atomic E-state index is 0. The first-order chi connectivity index (χ1) is 13.2. The molecule has 2 N–H and O–H groups in total. The topological polar surface area (TPSA) is 84.4 Å². The summed E-state index contributed by atoms with van der Waals surface area (Å²) in [5, 5.41) is 6.07. The quantitative estimate of drug-likeness (QED) is 0.210. The first kappa shape index (κ1) is 25.4. The minimum Gasteiger partial charge on any atom is -0.383 e. The summed E-state index contributed by atoms with van der Waals surface area (Å²) in [6.07, 6.45) is 6.02. The van der Waals surface area contributed by atoms with Crippen LogP contribution in [-0.4, -0.2) is 88.6 Å². The third-order valence-electron chi connectivity index (χ3n) is 4.87. The van der Waals surface area contributed by atoms with Crippen LogP contribution in [0.1, 0.15) is 39.0 Å². The first-order valence-corrected chi connectivity index (χ1v) is 10.2. The van der Waals surface area contributed by atoms with Gasteiger partial charge >= 0.3 is 0 Å². The van der Waals surface area contributed by atoms with Crippen LogP contribution in [0, 0.1) is 0 Å². The van der Waals surface area contributed by atoms with Gasteiger partial charge in [-0.2, -0.15) is 0 Å². The highest BCUT2D eigenvalue weighted by atomic mass is 127. The Balaban J connectivity index is 0.00000392. The van der Waals surface area contributed by atoms with E-state index in [0.717, 1.165) is 51.5 Å². The number of ether oxygens (including phenoxy) is 3. The molecule has 2 saturated heterocycles. The summed E-state index contributed by atoms with van der Waals surface area (Å²) in [5.74, 6) is 0.710. The van der Waals surface area contributed by atoms with E-state index in [1.807, 2.05) is 6.92 Å². The summed E-state index contributed by atoms with van der Waals surface area (Å²) < 4.78 is 16.7. The lowest BCUT2D eigenvalue weighted by Gasteiger charge is -2.35. The molecular weight excluding hydrogens is 475 g/mol. The molecule has 0 aromatic heterocycles. The molecule has 8 nitrogen and oxygen atoms in total. The van der Waals surface area contributed by atoms with Crippen molar-refractivity contribution in [1.29, 1.82) is 0 Å². The van der Waals surface area contributed by atoms with Gasteiger partial charge in [-0.3, -0.25) is 4.79 Å². The van der Waals surface area contributed by atoms with E-state index in [2.05, 4.69) is 20.5 Å². The van der Waals surface area contributed by atoms with Crippen molar-refractivity contribution in [3.63, 3.8) is 0 Å². The van der Waals surface area contributed by atoms with E-state index in [9.17, 15) is 4.79 Å². The van der Waals surface area contributed by atoms with Gasteiger partial charge in [-0.15, -0.1) is 24.0 Å². The summed E-state index contributed by atoms with van der Waals surface area (Å²) >= 11 is 0. The number of carbonyl (C=O) groups excluding carboxylic acids is 1. The number of rotatable bonds is 9. The maximum atomic E-state index is 11.8. The van der Waals surface area contributed by atoms with Gasteiger partial charge in [0.05, 0.1) is 25.4 Å². The van der Waals surface area contributed by atoms with Crippen molar-refractivity contribution < 1.29 is 19.0 Å². The first-order valence-electron chi connectivity index (χ1n) is 10.2. The Kier molecular flexibility index (Phi) is 13.8. The van der Waals surface area contributed by atoms with Crippen molar-refractivity contribution in [3.8, 4) is 0 Å². The van der Waals surface area contributed by atoms with Crippen molar-refractivity contribution in [1.82, 2.24) is 15.5 Å². The van der Waals surface area contributed by atoms with Crippen molar-refractivity contribution >= 4 is 35.8 Å². The number of amides is 1. The number of aliphatic imine (C=N–C) groups is 1. The number of carbonyl (C=O) groups is 1. The highest BCUT2D eigenvalue weighted by Gasteiger charge is 2.23. The predicted octanol–water partition coefficient (Wildman–Crippen LogP) is 1.38. The molecule has 0 spiro atoms. The predicted molar refractivity (Wildman–Crippen MR) is 120 cm³/mol. The third kappa shape index (κ3) is 9.71. The van der Waals surface area contributed by atoms with Crippen LogP contribution in [0.4, 0.5) is 0 Å². The van der Waals surface area contributed by atoms with Gasteiger partial charge in [-0.1, -0.05) is 0 Å². The summed E-state index contributed by atoms with van der Waals surface area (Å²) in [5.41, 5.74) is 0. The number of halogens is 1. The van der Waals surface area contributed by atoms with Gasteiger partial charge in [-0.25, -0.2) is 4.99 Å². The van der Waals surface area contributed by atoms with Crippen LogP contribution in [-0.2, 0) is 19.0 Å². The normalized spacial score (nSPS) is 21.1. The van der Waals surface area contributed by atoms with Crippen molar-refractivity contribution in [2.45, 2.75) is 51.2 Å². The molecule has 2 heterocycles. The zero-order valence-electron chi connectivity index (χ0n) is 17.3. The number of piperidine rings is 1. The van der Waals surface area contributed by atoms with Crippen LogP contribution >= 0.6 is 24.0 Å². The number of nitrogens with zero attached hydrogens (tertiary/aromatic N) is 2. The fraction of sp³-hybridized carbons (Fsp3) is 0.895. The molecule has 9 heteroatoms. The molecule has 1 atom stereocenters. The zero-order chi connectivity index (χ0) is 19.3. The van der Waals surface area contributed by atoms with Gasteiger partial charge < -0.3 is 29.7 Å². The monoisotopic (exact) mass is 512 g/mol. The Morgan fingerprint density at radius 3 is 2.64 bits per heavy atom. The molecule has 1 amide bonds. The van der Waals surface area contributed by atoms with Crippen LogP contribution in [0.15, 0.2) is 4.99 Å². The molecule has 0 aromatic carbocycles. The van der Waals surface area contributed by atoms with Gasteiger partial charge in [0.25, 0.3) is 0 Å². The van der Waals surface area contributed by atoms with Crippen molar-refractivity contribution in [2.75, 3.05) is 59.7 Å². The molecule has 28 heavy (non-hydrogen) atoms. The second-order valence-corrected chi connectivity index (χ2v) is 7.02. The molecule has 164 valence electrons. The van der Waals surface area contributed by atoms with Crippen LogP contribution < -0.4 is 10.6 Å². The molecule has 0 radical (unpaired) electrons. The lowest BCUT2D eigenvalue weighted by Crippen LogP contribution is -2.47. The van der Waals surface area contributed by atoms with E-state index in [0.29, 0.717) is 19.8 Å². The molecule has 1 unspecified atom stereocenters. The molecule has 2 aliphatic heterocycles. The third-order valence-corrected chi connectivity index (χ3v) is 4.87. The summed E-state index contributed by atoms with van der Waals surface area (Å²) in [6.45, 7) is 7.30. The standard InChI is InChI=1S/C19H36N4O4.HI/c1-3-20-19(22-14-18(24)21-9-13-25-2)23-10-7-16(8-11-23)27-15-17-6-4-5-12-26-17;/h16-17H,3-15H2,1-2H3,(H,20,22)(H,21,24);1H. The lowest BCUT2D eigenvalue weighted by molar-refractivity contribution is -0.119. The minimum atomic E-state index is -0.0897. The Labute approximate surface area is 186 Å². The van der Waals surface area contributed by atoms with Crippen LogP contribution in [0.2, 0.25) is 0 Å². The smallest absolute Gasteiger partial charge is 0.241 e. The maximum Gasteiger partial charge on any atom is 0.241 e. The Morgan fingerprint density at radius 2 is 2.00 bits per heavy atom. The van der Waals surface area contributed by atoms with E-state index in [4.69, 9.17) is 14.2 Å². The van der Waals surface area contributed by atoms with Crippen LogP contribution in [0.3, 0.4) is 0 Å². The van der Waals surface area contributed by atoms with E-state index in [1.54, 1.807) is 7.11 Å². The van der Waals surface area contributed by atoms with Gasteiger partial charge in [0.15, 0.2) is 5.96 Å². The molecular formula is C19H37IN4O4. The van der Waals surface area contributed by atoms with Gasteiger partial charge in [-0.05, 0) is 39.0 Å². The molecule has 2 rings (SSSR count). The average molecular weight is 512 g/mol. The van der Waals surface area contributed by atoms with E-state index in [-0.39, 0.29) is 48.6 Å². The molecule has 2 fully saturated rings. The molecule has 0 aromatic rings. The number of guanidine groups is 1. The van der Waals surface area contributed by atoms with E-state index >= 15 is 0 Å². The van der Waals surface area contributed by atoms with Crippen molar-refractivity contribution in [2.24, 2.45) is 4.99 Å².